The number of anilines is 2. The van der Waals surface area contributed by atoms with E-state index in [-0.39, 0.29) is 0 Å². The van der Waals surface area contributed by atoms with Gasteiger partial charge in [-0.25, -0.2) is 9.97 Å². The van der Waals surface area contributed by atoms with Crippen LogP contribution in [0.25, 0.3) is 21.3 Å². The number of alkyl halides is 3. The van der Waals surface area contributed by atoms with Crippen LogP contribution in [0.5, 0.6) is 0 Å². The monoisotopic (exact) mass is 373 g/mol. The zero-order valence-electron chi connectivity index (χ0n) is 13.0. The van der Waals surface area contributed by atoms with Crippen LogP contribution in [0.4, 0.5) is 24.1 Å². The molecule has 0 saturated heterocycles. The maximum absolute atomic E-state index is 12.9. The van der Waals surface area contributed by atoms with Gasteiger partial charge in [0.2, 0.25) is 0 Å². The van der Waals surface area contributed by atoms with Crippen molar-refractivity contribution in [2.45, 2.75) is 6.18 Å². The van der Waals surface area contributed by atoms with E-state index in [4.69, 9.17) is 0 Å². The van der Waals surface area contributed by atoms with Crippen molar-refractivity contribution in [3.8, 4) is 11.1 Å². The molecule has 0 spiro atoms. The smallest absolute Gasteiger partial charge is 0.315 e. The average Bonchev–Trinajstić information content (AvgIpc) is 3.03. The number of fused-ring (bicyclic) bond motifs is 1. The van der Waals surface area contributed by atoms with Gasteiger partial charge in [-0.3, -0.25) is 9.97 Å². The molecule has 0 aliphatic heterocycles. The lowest BCUT2D eigenvalue weighted by atomic mass is 10.1. The third-order valence-corrected chi connectivity index (χ3v) is 4.52. The molecule has 0 unspecified atom stereocenters. The maximum atomic E-state index is 12.9. The topological polar surface area (TPSA) is 63.6 Å². The van der Waals surface area contributed by atoms with E-state index in [1.54, 1.807) is 36.8 Å². The van der Waals surface area contributed by atoms with Gasteiger partial charge in [-0.05, 0) is 23.8 Å². The molecular formula is C17H10F3N5S. The summed E-state index contributed by atoms with van der Waals surface area (Å²) in [6, 6.07) is 6.38. The molecule has 4 rings (SSSR count). The molecule has 0 bridgehead atoms. The Morgan fingerprint density at radius 1 is 0.923 bits per heavy atom. The van der Waals surface area contributed by atoms with E-state index in [0.717, 1.165) is 22.5 Å². The van der Waals surface area contributed by atoms with E-state index in [1.807, 2.05) is 0 Å². The largest absolute Gasteiger partial charge is 0.417 e. The Morgan fingerprint density at radius 2 is 1.81 bits per heavy atom. The molecule has 0 saturated carbocycles. The highest BCUT2D eigenvalue weighted by Gasteiger charge is 2.31. The molecule has 26 heavy (non-hydrogen) atoms. The fourth-order valence-corrected chi connectivity index (χ4v) is 3.30. The minimum Gasteiger partial charge on any atom is -0.315 e. The van der Waals surface area contributed by atoms with Crippen LogP contribution in [0.2, 0.25) is 0 Å². The molecule has 5 nitrogen and oxygen atoms in total. The van der Waals surface area contributed by atoms with Crippen molar-refractivity contribution in [2.24, 2.45) is 0 Å². The van der Waals surface area contributed by atoms with Gasteiger partial charge in [0.25, 0.3) is 0 Å². The first kappa shape index (κ1) is 16.4. The summed E-state index contributed by atoms with van der Waals surface area (Å²) in [5.74, 6) is 0.564. The standard InChI is InChI=1S/C17H10F3N5S/c18-17(19,20)12-5-11(7-22-8-12)10-1-2-13-14(6-10)26-16(24-13)25-15-9-21-3-4-23-15/h1-9H,(H,23,24,25). The molecule has 9 heteroatoms. The van der Waals surface area contributed by atoms with Gasteiger partial charge in [-0.2, -0.15) is 13.2 Å². The van der Waals surface area contributed by atoms with Gasteiger partial charge < -0.3 is 5.32 Å². The van der Waals surface area contributed by atoms with E-state index >= 15 is 0 Å². The lowest BCUT2D eigenvalue weighted by molar-refractivity contribution is -0.137. The number of hydrogen-bond donors (Lipinski definition) is 1. The Bertz CT molecular complexity index is 1060. The molecule has 3 heterocycles. The molecule has 3 aromatic heterocycles. The molecule has 1 aromatic carbocycles. The van der Waals surface area contributed by atoms with Crippen molar-refractivity contribution in [3.05, 3.63) is 60.8 Å². The number of halogens is 3. The van der Waals surface area contributed by atoms with E-state index in [9.17, 15) is 13.2 Å². The highest BCUT2D eigenvalue weighted by atomic mass is 32.1. The van der Waals surface area contributed by atoms with Crippen LogP contribution in [0, 0.1) is 0 Å². The first-order chi connectivity index (χ1) is 12.5. The van der Waals surface area contributed by atoms with Gasteiger partial charge in [-0.1, -0.05) is 17.4 Å². The van der Waals surface area contributed by atoms with Crippen LogP contribution in [0.15, 0.2) is 55.2 Å². The fourth-order valence-electron chi connectivity index (χ4n) is 2.38. The summed E-state index contributed by atoms with van der Waals surface area (Å²) in [5, 5.41) is 3.68. The second-order valence-corrected chi connectivity index (χ2v) is 6.41. The van der Waals surface area contributed by atoms with Crippen LogP contribution in [0.1, 0.15) is 5.56 Å². The summed E-state index contributed by atoms with van der Waals surface area (Å²) in [4.78, 5) is 16.2. The van der Waals surface area contributed by atoms with Crippen LogP contribution in [-0.2, 0) is 6.18 Å². The number of thiazole rings is 1. The Balaban J connectivity index is 1.68. The zero-order valence-corrected chi connectivity index (χ0v) is 13.8. The number of benzene rings is 1. The molecular weight excluding hydrogens is 363 g/mol. The third-order valence-electron chi connectivity index (χ3n) is 3.59. The number of aromatic nitrogens is 4. The normalized spacial score (nSPS) is 11.7. The first-order valence-corrected chi connectivity index (χ1v) is 8.27. The predicted octanol–water partition coefficient (Wildman–Crippen LogP) is 4.91. The van der Waals surface area contributed by atoms with Crippen molar-refractivity contribution in [1.82, 2.24) is 19.9 Å². The SMILES string of the molecule is FC(F)(F)c1cncc(-c2ccc3nc(Nc4cnccn4)sc3c2)c1. The van der Waals surface area contributed by atoms with Crippen molar-refractivity contribution in [1.29, 1.82) is 0 Å². The average molecular weight is 373 g/mol. The highest BCUT2D eigenvalue weighted by Crippen LogP contribution is 2.34. The molecule has 0 atom stereocenters. The van der Waals surface area contributed by atoms with E-state index < -0.39 is 11.7 Å². The predicted molar refractivity (Wildman–Crippen MR) is 93.2 cm³/mol. The summed E-state index contributed by atoms with van der Waals surface area (Å²) in [7, 11) is 0. The van der Waals surface area contributed by atoms with Gasteiger partial charge in [0.1, 0.15) is 0 Å². The van der Waals surface area contributed by atoms with E-state index in [2.05, 4.69) is 25.3 Å². The lowest BCUT2D eigenvalue weighted by Gasteiger charge is -2.08. The second-order valence-electron chi connectivity index (χ2n) is 5.38. The number of hydrogen-bond acceptors (Lipinski definition) is 6. The van der Waals surface area contributed by atoms with Crippen LogP contribution < -0.4 is 5.32 Å². The zero-order chi connectivity index (χ0) is 18.1. The summed E-state index contributed by atoms with van der Waals surface area (Å²) in [6.07, 6.45) is 2.51. The van der Waals surface area contributed by atoms with Crippen molar-refractivity contribution >= 4 is 32.5 Å². The first-order valence-electron chi connectivity index (χ1n) is 7.45. The van der Waals surface area contributed by atoms with Gasteiger partial charge >= 0.3 is 6.18 Å². The molecule has 0 aliphatic rings. The summed E-state index contributed by atoms with van der Waals surface area (Å²) in [6.45, 7) is 0. The van der Waals surface area contributed by atoms with Crippen LogP contribution >= 0.6 is 11.3 Å². The third kappa shape index (κ3) is 3.33. The number of rotatable bonds is 3. The van der Waals surface area contributed by atoms with Gasteiger partial charge in [-0.15, -0.1) is 0 Å². The molecule has 0 radical (unpaired) electrons. The van der Waals surface area contributed by atoms with E-state index in [0.29, 0.717) is 22.1 Å². The minimum atomic E-state index is -4.43. The lowest BCUT2D eigenvalue weighted by Crippen LogP contribution is -2.05. The molecule has 1 N–H and O–H groups in total. The number of nitrogens with one attached hydrogen (secondary N) is 1. The van der Waals surface area contributed by atoms with Crippen LogP contribution in [-0.4, -0.2) is 19.9 Å². The Morgan fingerprint density at radius 3 is 2.58 bits per heavy atom. The van der Waals surface area contributed by atoms with Gasteiger partial charge in [0.05, 0.1) is 22.0 Å². The van der Waals surface area contributed by atoms with Crippen molar-refractivity contribution < 1.29 is 13.2 Å². The van der Waals surface area contributed by atoms with Crippen molar-refractivity contribution in [2.75, 3.05) is 5.32 Å². The fraction of sp³-hybridized carbons (Fsp3) is 0.0588. The minimum absolute atomic E-state index is 0.401. The van der Waals surface area contributed by atoms with Gasteiger partial charge in [0.15, 0.2) is 10.9 Å². The second kappa shape index (κ2) is 6.34. The summed E-state index contributed by atoms with van der Waals surface area (Å²) in [5.41, 5.74) is 1.01. The quantitative estimate of drug-likeness (QED) is 0.553. The molecule has 0 aliphatic carbocycles. The number of pyridine rings is 1. The molecule has 0 fully saturated rings. The van der Waals surface area contributed by atoms with Gasteiger partial charge in [0, 0.05) is 30.4 Å². The molecule has 4 aromatic rings. The molecule has 130 valence electrons. The number of nitrogens with zero attached hydrogens (tertiary/aromatic N) is 4. The summed E-state index contributed by atoms with van der Waals surface area (Å²) >= 11 is 1.38. The highest BCUT2D eigenvalue weighted by molar-refractivity contribution is 7.22. The summed E-state index contributed by atoms with van der Waals surface area (Å²) < 4.78 is 39.5. The van der Waals surface area contributed by atoms with Crippen molar-refractivity contribution in [3.63, 3.8) is 0 Å². The Kier molecular flexibility index (Phi) is 4.00. The maximum Gasteiger partial charge on any atom is 0.417 e. The Labute approximate surface area is 149 Å². The molecule has 0 amide bonds. The van der Waals surface area contributed by atoms with E-state index in [1.165, 1.54) is 17.5 Å². The Hall–Kier alpha value is -3.07. The van der Waals surface area contributed by atoms with Crippen LogP contribution in [0.3, 0.4) is 0 Å².